The van der Waals surface area contributed by atoms with E-state index in [0.717, 1.165) is 33.7 Å². The predicted molar refractivity (Wildman–Crippen MR) is 83.6 cm³/mol. The molecule has 0 spiro atoms. The molecule has 1 atom stereocenters. The van der Waals surface area contributed by atoms with E-state index >= 15 is 0 Å². The lowest BCUT2D eigenvalue weighted by Crippen LogP contribution is -1.92. The number of benzene rings is 2. The van der Waals surface area contributed by atoms with E-state index in [1.54, 1.807) is 6.92 Å². The van der Waals surface area contributed by atoms with Crippen molar-refractivity contribution in [2.45, 2.75) is 20.0 Å². The highest BCUT2D eigenvalue weighted by Gasteiger charge is 2.06. The highest BCUT2D eigenvalue weighted by molar-refractivity contribution is 5.84. The second kappa shape index (κ2) is 5.54. The first kappa shape index (κ1) is 13.6. The van der Waals surface area contributed by atoms with Gasteiger partial charge in [0.2, 0.25) is 0 Å². The van der Waals surface area contributed by atoms with Gasteiger partial charge in [-0.2, -0.15) is 0 Å². The topological polar surface area (TPSA) is 42.4 Å². The molecular weight excluding hydrogens is 262 g/mol. The van der Waals surface area contributed by atoms with Crippen molar-refractivity contribution in [1.82, 2.24) is 4.98 Å². The number of aliphatic hydroxyl groups excluding tert-OH is 1. The molecule has 0 bridgehead atoms. The van der Waals surface area contributed by atoms with Crippen LogP contribution in [0.5, 0.6) is 11.5 Å². The van der Waals surface area contributed by atoms with E-state index in [1.807, 2.05) is 61.5 Å². The van der Waals surface area contributed by atoms with Gasteiger partial charge in [0.25, 0.3) is 0 Å². The number of aliphatic hydroxyl groups is 1. The van der Waals surface area contributed by atoms with Crippen LogP contribution >= 0.6 is 0 Å². The Morgan fingerprint density at radius 1 is 1.00 bits per heavy atom. The molecule has 0 aliphatic heterocycles. The van der Waals surface area contributed by atoms with Crippen LogP contribution < -0.4 is 4.74 Å². The number of rotatable bonds is 3. The van der Waals surface area contributed by atoms with Gasteiger partial charge in [-0.1, -0.05) is 30.3 Å². The Kier molecular flexibility index (Phi) is 3.59. The van der Waals surface area contributed by atoms with Gasteiger partial charge in [-0.15, -0.1) is 0 Å². The normalized spacial score (nSPS) is 12.3. The number of ether oxygens (including phenoxy) is 1. The van der Waals surface area contributed by atoms with Crippen molar-refractivity contribution in [1.29, 1.82) is 0 Å². The zero-order chi connectivity index (χ0) is 14.8. The number of aryl methyl sites for hydroxylation is 1. The SMILES string of the molecule is Cc1ccc2cccc(Oc3ccc([C@H](C)O)cc3)c2n1. The number of nitrogens with zero attached hydrogens (tertiary/aromatic N) is 1. The number of fused-ring (bicyclic) bond motifs is 1. The van der Waals surface area contributed by atoms with E-state index in [4.69, 9.17) is 4.74 Å². The summed E-state index contributed by atoms with van der Waals surface area (Å²) in [7, 11) is 0. The summed E-state index contributed by atoms with van der Waals surface area (Å²) in [6, 6.07) is 17.4. The van der Waals surface area contributed by atoms with Crippen molar-refractivity contribution in [2.75, 3.05) is 0 Å². The molecule has 3 nitrogen and oxygen atoms in total. The van der Waals surface area contributed by atoms with Gasteiger partial charge in [-0.05, 0) is 43.7 Å². The van der Waals surface area contributed by atoms with E-state index in [0.29, 0.717) is 0 Å². The second-order valence-corrected chi connectivity index (χ2v) is 5.13. The molecular formula is C18H17NO2. The van der Waals surface area contributed by atoms with Crippen LogP contribution in [0.4, 0.5) is 0 Å². The van der Waals surface area contributed by atoms with Crippen molar-refractivity contribution in [2.24, 2.45) is 0 Å². The zero-order valence-corrected chi connectivity index (χ0v) is 12.1. The first-order valence-electron chi connectivity index (χ1n) is 6.96. The fourth-order valence-corrected chi connectivity index (χ4v) is 2.24. The minimum atomic E-state index is -0.471. The maximum absolute atomic E-state index is 9.53. The lowest BCUT2D eigenvalue weighted by atomic mass is 10.1. The van der Waals surface area contributed by atoms with Crippen LogP contribution in [0.3, 0.4) is 0 Å². The molecule has 0 amide bonds. The molecule has 0 unspecified atom stereocenters. The summed E-state index contributed by atoms with van der Waals surface area (Å²) in [6.07, 6.45) is -0.471. The molecule has 106 valence electrons. The molecule has 3 heteroatoms. The molecule has 3 aromatic rings. The van der Waals surface area contributed by atoms with Gasteiger partial charge in [-0.25, -0.2) is 4.98 Å². The van der Waals surface area contributed by atoms with Gasteiger partial charge >= 0.3 is 0 Å². The number of hydrogen-bond acceptors (Lipinski definition) is 3. The van der Waals surface area contributed by atoms with Crippen LogP contribution in [0.2, 0.25) is 0 Å². The average Bonchev–Trinajstić information content (AvgIpc) is 2.48. The molecule has 2 aromatic carbocycles. The van der Waals surface area contributed by atoms with Crippen molar-refractivity contribution in [3.05, 3.63) is 65.9 Å². The Hall–Kier alpha value is -2.39. The summed E-state index contributed by atoms with van der Waals surface area (Å²) in [5.41, 5.74) is 2.69. The average molecular weight is 279 g/mol. The van der Waals surface area contributed by atoms with Gasteiger partial charge in [0, 0.05) is 11.1 Å². The predicted octanol–water partition coefficient (Wildman–Crippen LogP) is 4.39. The Balaban J connectivity index is 1.96. The third-order valence-corrected chi connectivity index (χ3v) is 3.41. The van der Waals surface area contributed by atoms with Crippen LogP contribution in [0.1, 0.15) is 24.3 Å². The fraction of sp³-hybridized carbons (Fsp3) is 0.167. The van der Waals surface area contributed by atoms with Gasteiger partial charge in [0.1, 0.15) is 11.3 Å². The minimum Gasteiger partial charge on any atom is -0.455 e. The summed E-state index contributed by atoms with van der Waals surface area (Å²) >= 11 is 0. The number of para-hydroxylation sites is 1. The van der Waals surface area contributed by atoms with Crippen LogP contribution in [0.25, 0.3) is 10.9 Å². The Morgan fingerprint density at radius 3 is 2.48 bits per heavy atom. The van der Waals surface area contributed by atoms with E-state index in [1.165, 1.54) is 0 Å². The van der Waals surface area contributed by atoms with Crippen LogP contribution in [-0.2, 0) is 0 Å². The third-order valence-electron chi connectivity index (χ3n) is 3.41. The Morgan fingerprint density at radius 2 is 1.76 bits per heavy atom. The molecule has 1 aromatic heterocycles. The largest absolute Gasteiger partial charge is 0.455 e. The highest BCUT2D eigenvalue weighted by Crippen LogP contribution is 2.29. The molecule has 0 aliphatic rings. The van der Waals surface area contributed by atoms with E-state index in [2.05, 4.69) is 4.98 Å². The molecule has 0 aliphatic carbocycles. The summed E-state index contributed by atoms with van der Waals surface area (Å²) < 4.78 is 5.94. The number of aromatic nitrogens is 1. The van der Waals surface area contributed by atoms with Gasteiger partial charge < -0.3 is 9.84 Å². The van der Waals surface area contributed by atoms with E-state index in [-0.39, 0.29) is 0 Å². The van der Waals surface area contributed by atoms with E-state index in [9.17, 15) is 5.11 Å². The zero-order valence-electron chi connectivity index (χ0n) is 12.1. The number of pyridine rings is 1. The summed E-state index contributed by atoms with van der Waals surface area (Å²) in [6.45, 7) is 3.71. The van der Waals surface area contributed by atoms with Crippen molar-refractivity contribution in [3.63, 3.8) is 0 Å². The number of hydrogen-bond donors (Lipinski definition) is 1. The minimum absolute atomic E-state index is 0.471. The van der Waals surface area contributed by atoms with Crippen LogP contribution in [0, 0.1) is 6.92 Å². The first-order chi connectivity index (χ1) is 10.1. The van der Waals surface area contributed by atoms with Gasteiger partial charge in [-0.3, -0.25) is 0 Å². The summed E-state index contributed by atoms with van der Waals surface area (Å²) in [4.78, 5) is 4.55. The van der Waals surface area contributed by atoms with Gasteiger partial charge in [0.15, 0.2) is 5.75 Å². The van der Waals surface area contributed by atoms with Gasteiger partial charge in [0.05, 0.1) is 6.10 Å². The van der Waals surface area contributed by atoms with Crippen molar-refractivity contribution < 1.29 is 9.84 Å². The molecule has 0 fully saturated rings. The maximum atomic E-state index is 9.53. The molecule has 3 rings (SSSR count). The quantitative estimate of drug-likeness (QED) is 0.773. The van der Waals surface area contributed by atoms with E-state index < -0.39 is 6.10 Å². The standard InChI is InChI=1S/C18H17NO2/c1-12-6-7-15-4-3-5-17(18(15)19-12)21-16-10-8-14(9-11-16)13(2)20/h3-11,13,20H,1-2H3/t13-/m0/s1. The summed E-state index contributed by atoms with van der Waals surface area (Å²) in [5, 5.41) is 10.6. The van der Waals surface area contributed by atoms with Crippen molar-refractivity contribution >= 4 is 10.9 Å². The van der Waals surface area contributed by atoms with Crippen LogP contribution in [0.15, 0.2) is 54.6 Å². The molecule has 0 radical (unpaired) electrons. The molecule has 21 heavy (non-hydrogen) atoms. The molecule has 1 N–H and O–H groups in total. The summed E-state index contributed by atoms with van der Waals surface area (Å²) in [5.74, 6) is 1.47. The fourth-order valence-electron chi connectivity index (χ4n) is 2.24. The molecule has 0 saturated heterocycles. The first-order valence-corrected chi connectivity index (χ1v) is 6.96. The third kappa shape index (κ3) is 2.88. The molecule has 0 saturated carbocycles. The smallest absolute Gasteiger partial charge is 0.153 e. The lowest BCUT2D eigenvalue weighted by molar-refractivity contribution is 0.199. The van der Waals surface area contributed by atoms with Crippen LogP contribution in [-0.4, -0.2) is 10.1 Å². The monoisotopic (exact) mass is 279 g/mol. The molecule has 1 heterocycles. The maximum Gasteiger partial charge on any atom is 0.153 e. The Labute approximate surface area is 123 Å². The lowest BCUT2D eigenvalue weighted by Gasteiger charge is -2.10. The van der Waals surface area contributed by atoms with Crippen molar-refractivity contribution in [3.8, 4) is 11.5 Å². The highest BCUT2D eigenvalue weighted by atomic mass is 16.5. The second-order valence-electron chi connectivity index (χ2n) is 5.13. The Bertz CT molecular complexity index is 764.